The lowest BCUT2D eigenvalue weighted by Gasteiger charge is -2.12. The molecule has 98 valence electrons. The molecule has 0 aliphatic carbocycles. The van der Waals surface area contributed by atoms with E-state index in [1.807, 2.05) is 18.2 Å². The molecular weight excluding hydrogens is 238 g/mol. The van der Waals surface area contributed by atoms with Crippen LogP contribution in [0.3, 0.4) is 0 Å². The molecular formula is C16H17NO2. The molecule has 2 aromatic rings. The van der Waals surface area contributed by atoms with Gasteiger partial charge in [0, 0.05) is 11.4 Å². The zero-order chi connectivity index (χ0) is 13.8. The maximum absolute atomic E-state index is 11.3. The molecule has 2 aromatic carbocycles. The predicted octanol–water partition coefficient (Wildman–Crippen LogP) is 3.83. The normalized spacial score (nSPS) is 10.1. The molecule has 0 aromatic heterocycles. The van der Waals surface area contributed by atoms with Gasteiger partial charge >= 0.3 is 5.97 Å². The van der Waals surface area contributed by atoms with Crippen molar-refractivity contribution in [2.45, 2.75) is 13.8 Å². The fourth-order valence-corrected chi connectivity index (χ4v) is 1.96. The minimum Gasteiger partial charge on any atom is -0.465 e. The molecule has 0 saturated carbocycles. The van der Waals surface area contributed by atoms with Crippen LogP contribution in [0.4, 0.5) is 11.4 Å². The molecule has 0 unspecified atom stereocenters. The molecule has 0 aliphatic rings. The number of carbonyl (C=O) groups is 1. The summed E-state index contributed by atoms with van der Waals surface area (Å²) < 4.78 is 4.67. The van der Waals surface area contributed by atoms with E-state index in [0.717, 1.165) is 11.4 Å². The Kier molecular flexibility index (Phi) is 3.85. The quantitative estimate of drug-likeness (QED) is 0.847. The van der Waals surface area contributed by atoms with E-state index in [1.54, 1.807) is 12.1 Å². The SMILES string of the molecule is COC(=O)c1ccc(Nc2c(C)cccc2C)cc1. The summed E-state index contributed by atoms with van der Waals surface area (Å²) in [5, 5.41) is 3.37. The maximum atomic E-state index is 11.3. The molecule has 0 heterocycles. The van der Waals surface area contributed by atoms with Crippen molar-refractivity contribution in [3.63, 3.8) is 0 Å². The average molecular weight is 255 g/mol. The zero-order valence-electron chi connectivity index (χ0n) is 11.4. The molecule has 0 bridgehead atoms. The second kappa shape index (κ2) is 5.57. The number of benzene rings is 2. The Morgan fingerprint density at radius 2 is 1.58 bits per heavy atom. The van der Waals surface area contributed by atoms with Crippen LogP contribution in [0.2, 0.25) is 0 Å². The van der Waals surface area contributed by atoms with Gasteiger partial charge in [-0.25, -0.2) is 4.79 Å². The first-order valence-electron chi connectivity index (χ1n) is 6.13. The van der Waals surface area contributed by atoms with Crippen molar-refractivity contribution in [3.8, 4) is 0 Å². The van der Waals surface area contributed by atoms with Crippen LogP contribution in [0.15, 0.2) is 42.5 Å². The predicted molar refractivity (Wildman–Crippen MR) is 77.0 cm³/mol. The van der Waals surface area contributed by atoms with Gasteiger partial charge in [0.25, 0.3) is 0 Å². The summed E-state index contributed by atoms with van der Waals surface area (Å²) in [5.41, 5.74) is 4.99. The minimum atomic E-state index is -0.321. The molecule has 0 spiro atoms. The smallest absolute Gasteiger partial charge is 0.337 e. The lowest BCUT2D eigenvalue weighted by molar-refractivity contribution is 0.0601. The van der Waals surface area contributed by atoms with Crippen LogP contribution in [0.5, 0.6) is 0 Å². The first-order valence-corrected chi connectivity index (χ1v) is 6.13. The second-order valence-corrected chi connectivity index (χ2v) is 4.46. The van der Waals surface area contributed by atoms with Crippen LogP contribution in [0.25, 0.3) is 0 Å². The van der Waals surface area contributed by atoms with E-state index in [4.69, 9.17) is 0 Å². The molecule has 0 amide bonds. The van der Waals surface area contributed by atoms with E-state index in [2.05, 4.69) is 36.0 Å². The number of hydrogen-bond acceptors (Lipinski definition) is 3. The van der Waals surface area contributed by atoms with Gasteiger partial charge < -0.3 is 10.1 Å². The first kappa shape index (κ1) is 13.1. The van der Waals surface area contributed by atoms with E-state index in [1.165, 1.54) is 18.2 Å². The second-order valence-electron chi connectivity index (χ2n) is 4.46. The van der Waals surface area contributed by atoms with Crippen LogP contribution < -0.4 is 5.32 Å². The van der Waals surface area contributed by atoms with Crippen LogP contribution >= 0.6 is 0 Å². The zero-order valence-corrected chi connectivity index (χ0v) is 11.4. The summed E-state index contributed by atoms with van der Waals surface area (Å²) in [5.74, 6) is -0.321. The highest BCUT2D eigenvalue weighted by Gasteiger charge is 2.06. The number of esters is 1. The molecule has 0 fully saturated rings. The number of anilines is 2. The number of para-hydroxylation sites is 1. The molecule has 0 saturated heterocycles. The Hall–Kier alpha value is -2.29. The molecule has 3 nitrogen and oxygen atoms in total. The first-order chi connectivity index (χ1) is 9.11. The van der Waals surface area contributed by atoms with Crippen LogP contribution in [-0.4, -0.2) is 13.1 Å². The van der Waals surface area contributed by atoms with Crippen molar-refractivity contribution in [1.29, 1.82) is 0 Å². The van der Waals surface area contributed by atoms with Gasteiger partial charge in [0.05, 0.1) is 12.7 Å². The van der Waals surface area contributed by atoms with Crippen molar-refractivity contribution >= 4 is 17.3 Å². The standard InChI is InChI=1S/C16H17NO2/c1-11-5-4-6-12(2)15(11)17-14-9-7-13(8-10-14)16(18)19-3/h4-10,17H,1-3H3. The van der Waals surface area contributed by atoms with E-state index < -0.39 is 0 Å². The van der Waals surface area contributed by atoms with Crippen molar-refractivity contribution in [3.05, 3.63) is 59.2 Å². The summed E-state index contributed by atoms with van der Waals surface area (Å²) in [4.78, 5) is 11.3. The van der Waals surface area contributed by atoms with E-state index >= 15 is 0 Å². The number of ether oxygens (including phenoxy) is 1. The van der Waals surface area contributed by atoms with Gasteiger partial charge in [0.2, 0.25) is 0 Å². The third-order valence-electron chi connectivity index (χ3n) is 3.06. The summed E-state index contributed by atoms with van der Waals surface area (Å²) in [6.45, 7) is 4.14. The number of nitrogens with one attached hydrogen (secondary N) is 1. The molecule has 0 atom stereocenters. The van der Waals surface area contributed by atoms with E-state index in [-0.39, 0.29) is 5.97 Å². The lowest BCUT2D eigenvalue weighted by Crippen LogP contribution is -2.01. The number of methoxy groups -OCH3 is 1. The van der Waals surface area contributed by atoms with Crippen molar-refractivity contribution in [2.75, 3.05) is 12.4 Å². The van der Waals surface area contributed by atoms with Gasteiger partial charge in [-0.3, -0.25) is 0 Å². The van der Waals surface area contributed by atoms with E-state index in [0.29, 0.717) is 5.56 Å². The summed E-state index contributed by atoms with van der Waals surface area (Å²) >= 11 is 0. The highest BCUT2D eigenvalue weighted by Crippen LogP contribution is 2.24. The van der Waals surface area contributed by atoms with Gasteiger partial charge in [-0.15, -0.1) is 0 Å². The Bertz CT molecular complexity index is 568. The maximum Gasteiger partial charge on any atom is 0.337 e. The Morgan fingerprint density at radius 3 is 2.11 bits per heavy atom. The number of hydrogen-bond donors (Lipinski definition) is 1. The lowest BCUT2D eigenvalue weighted by atomic mass is 10.1. The molecule has 19 heavy (non-hydrogen) atoms. The minimum absolute atomic E-state index is 0.321. The van der Waals surface area contributed by atoms with Crippen molar-refractivity contribution < 1.29 is 9.53 Å². The van der Waals surface area contributed by atoms with Crippen LogP contribution in [0.1, 0.15) is 21.5 Å². The fourth-order valence-electron chi connectivity index (χ4n) is 1.96. The van der Waals surface area contributed by atoms with Gasteiger partial charge in [-0.2, -0.15) is 0 Å². The van der Waals surface area contributed by atoms with Crippen molar-refractivity contribution in [1.82, 2.24) is 0 Å². The van der Waals surface area contributed by atoms with Crippen LogP contribution in [0, 0.1) is 13.8 Å². The van der Waals surface area contributed by atoms with Gasteiger partial charge in [-0.05, 0) is 49.2 Å². The van der Waals surface area contributed by atoms with Crippen LogP contribution in [-0.2, 0) is 4.74 Å². The third-order valence-corrected chi connectivity index (χ3v) is 3.06. The number of rotatable bonds is 3. The average Bonchev–Trinajstić information content (AvgIpc) is 2.43. The molecule has 3 heteroatoms. The number of aryl methyl sites for hydroxylation is 2. The molecule has 1 N–H and O–H groups in total. The fraction of sp³-hybridized carbons (Fsp3) is 0.188. The summed E-state index contributed by atoms with van der Waals surface area (Å²) in [7, 11) is 1.38. The highest BCUT2D eigenvalue weighted by molar-refractivity contribution is 5.89. The summed E-state index contributed by atoms with van der Waals surface area (Å²) in [6.07, 6.45) is 0. The molecule has 0 radical (unpaired) electrons. The highest BCUT2D eigenvalue weighted by atomic mass is 16.5. The van der Waals surface area contributed by atoms with Gasteiger partial charge in [0.1, 0.15) is 0 Å². The Balaban J connectivity index is 2.22. The van der Waals surface area contributed by atoms with Gasteiger partial charge in [-0.1, -0.05) is 18.2 Å². The number of carbonyl (C=O) groups excluding carboxylic acids is 1. The van der Waals surface area contributed by atoms with Gasteiger partial charge in [0.15, 0.2) is 0 Å². The Labute approximate surface area is 113 Å². The topological polar surface area (TPSA) is 38.3 Å². The molecule has 0 aliphatic heterocycles. The molecule has 2 rings (SSSR count). The Morgan fingerprint density at radius 1 is 1.00 bits per heavy atom. The summed E-state index contributed by atoms with van der Waals surface area (Å²) in [6, 6.07) is 13.4. The van der Waals surface area contributed by atoms with E-state index in [9.17, 15) is 4.79 Å². The monoisotopic (exact) mass is 255 g/mol. The third kappa shape index (κ3) is 2.94. The largest absolute Gasteiger partial charge is 0.465 e. The van der Waals surface area contributed by atoms with Crippen molar-refractivity contribution in [2.24, 2.45) is 0 Å².